The van der Waals surface area contributed by atoms with E-state index in [4.69, 9.17) is 18.9 Å². The third-order valence-corrected chi connectivity index (χ3v) is 3.90. The van der Waals surface area contributed by atoms with Crippen LogP contribution in [0.5, 0.6) is 28.7 Å². The molecular formula is C17H18O5. The molecule has 0 spiro atoms. The van der Waals surface area contributed by atoms with Gasteiger partial charge in [0.1, 0.15) is 17.2 Å². The van der Waals surface area contributed by atoms with Crippen molar-refractivity contribution in [1.29, 1.82) is 0 Å². The molecule has 0 aliphatic carbocycles. The van der Waals surface area contributed by atoms with E-state index in [1.54, 1.807) is 20.3 Å². The van der Waals surface area contributed by atoms with Crippen molar-refractivity contribution in [2.45, 2.75) is 12.8 Å². The van der Waals surface area contributed by atoms with E-state index in [-0.39, 0.29) is 18.5 Å². The Hall–Kier alpha value is -2.56. The highest BCUT2D eigenvalue weighted by Gasteiger charge is 2.22. The summed E-state index contributed by atoms with van der Waals surface area (Å²) in [6.45, 7) is 2.18. The van der Waals surface area contributed by atoms with Gasteiger partial charge in [-0.15, -0.1) is 0 Å². The Morgan fingerprint density at radius 1 is 1.00 bits per heavy atom. The number of fused-ring (bicyclic) bond motifs is 1. The summed E-state index contributed by atoms with van der Waals surface area (Å²) in [7, 11) is 3.23. The van der Waals surface area contributed by atoms with Crippen LogP contribution in [-0.4, -0.2) is 26.1 Å². The van der Waals surface area contributed by atoms with Crippen LogP contribution in [0.15, 0.2) is 30.3 Å². The molecule has 5 heteroatoms. The average Bonchev–Trinajstić information content (AvgIpc) is 2.99. The number of ether oxygens (including phenoxy) is 4. The first kappa shape index (κ1) is 14.4. The lowest BCUT2D eigenvalue weighted by Crippen LogP contribution is -2.01. The van der Waals surface area contributed by atoms with E-state index in [0.29, 0.717) is 17.2 Å². The second-order valence-corrected chi connectivity index (χ2v) is 5.09. The number of phenolic OH excluding ortho intramolecular Hbond substituents is 1. The largest absolute Gasteiger partial charge is 0.508 e. The van der Waals surface area contributed by atoms with Crippen LogP contribution in [-0.2, 0) is 0 Å². The van der Waals surface area contributed by atoms with E-state index in [9.17, 15) is 5.11 Å². The Kier molecular flexibility index (Phi) is 3.71. The van der Waals surface area contributed by atoms with Gasteiger partial charge < -0.3 is 24.1 Å². The standard InChI is InChI=1S/C17H18O5/c1-10(12-5-4-11(19-2)6-15(12)20-3)13-7-16-17(8-14(13)18)22-9-21-16/h4-8,10,18H,9H2,1-3H3. The van der Waals surface area contributed by atoms with Gasteiger partial charge in [0, 0.05) is 29.2 Å². The lowest BCUT2D eigenvalue weighted by molar-refractivity contribution is 0.174. The minimum Gasteiger partial charge on any atom is -0.508 e. The van der Waals surface area contributed by atoms with Crippen molar-refractivity contribution in [2.24, 2.45) is 0 Å². The minimum atomic E-state index is -0.0737. The van der Waals surface area contributed by atoms with Crippen molar-refractivity contribution in [1.82, 2.24) is 0 Å². The molecule has 2 aromatic rings. The maximum absolute atomic E-state index is 10.3. The molecule has 1 N–H and O–H groups in total. The molecule has 1 atom stereocenters. The van der Waals surface area contributed by atoms with Crippen molar-refractivity contribution < 1.29 is 24.1 Å². The highest BCUT2D eigenvalue weighted by Crippen LogP contribution is 2.43. The number of methoxy groups -OCH3 is 2. The summed E-state index contributed by atoms with van der Waals surface area (Å²) in [5.74, 6) is 2.75. The van der Waals surface area contributed by atoms with Crippen LogP contribution in [0.1, 0.15) is 24.0 Å². The Bertz CT molecular complexity index is 696. The first-order valence-electron chi connectivity index (χ1n) is 6.98. The summed E-state index contributed by atoms with van der Waals surface area (Å²) in [5.41, 5.74) is 1.71. The van der Waals surface area contributed by atoms with E-state index in [0.717, 1.165) is 16.9 Å². The Balaban J connectivity index is 2.02. The normalized spacial score (nSPS) is 13.8. The van der Waals surface area contributed by atoms with Crippen molar-refractivity contribution in [2.75, 3.05) is 21.0 Å². The quantitative estimate of drug-likeness (QED) is 0.939. The van der Waals surface area contributed by atoms with E-state index in [2.05, 4.69) is 0 Å². The number of hydrogen-bond acceptors (Lipinski definition) is 5. The van der Waals surface area contributed by atoms with Crippen LogP contribution in [0, 0.1) is 0 Å². The molecule has 116 valence electrons. The van der Waals surface area contributed by atoms with Gasteiger partial charge in [0.15, 0.2) is 11.5 Å². The lowest BCUT2D eigenvalue weighted by atomic mass is 9.91. The van der Waals surface area contributed by atoms with Crippen LogP contribution in [0.4, 0.5) is 0 Å². The SMILES string of the molecule is COc1ccc(C(C)c2cc3c(cc2O)OCO3)c(OC)c1. The Morgan fingerprint density at radius 3 is 2.41 bits per heavy atom. The Morgan fingerprint density at radius 2 is 1.73 bits per heavy atom. The topological polar surface area (TPSA) is 57.2 Å². The second-order valence-electron chi connectivity index (χ2n) is 5.09. The van der Waals surface area contributed by atoms with Gasteiger partial charge in [-0.05, 0) is 12.1 Å². The van der Waals surface area contributed by atoms with Crippen LogP contribution in [0.25, 0.3) is 0 Å². The molecule has 22 heavy (non-hydrogen) atoms. The number of hydrogen-bond donors (Lipinski definition) is 1. The molecule has 0 fully saturated rings. The summed E-state index contributed by atoms with van der Waals surface area (Å²) < 4.78 is 21.3. The van der Waals surface area contributed by atoms with Crippen LogP contribution < -0.4 is 18.9 Å². The lowest BCUT2D eigenvalue weighted by Gasteiger charge is -2.18. The molecule has 0 aromatic heterocycles. The monoisotopic (exact) mass is 302 g/mol. The molecule has 0 amide bonds. The van der Waals surface area contributed by atoms with Gasteiger partial charge in [0.2, 0.25) is 6.79 Å². The van der Waals surface area contributed by atoms with E-state index in [1.165, 1.54) is 0 Å². The number of rotatable bonds is 4. The summed E-state index contributed by atoms with van der Waals surface area (Å²) >= 11 is 0. The zero-order chi connectivity index (χ0) is 15.7. The number of phenols is 1. The van der Waals surface area contributed by atoms with Gasteiger partial charge in [-0.25, -0.2) is 0 Å². The molecule has 1 aliphatic heterocycles. The van der Waals surface area contributed by atoms with Gasteiger partial charge in [-0.1, -0.05) is 13.0 Å². The van der Waals surface area contributed by atoms with Gasteiger partial charge in [-0.2, -0.15) is 0 Å². The van der Waals surface area contributed by atoms with Gasteiger partial charge >= 0.3 is 0 Å². The van der Waals surface area contributed by atoms with Crippen molar-refractivity contribution in [3.8, 4) is 28.7 Å². The van der Waals surface area contributed by atoms with Gasteiger partial charge in [-0.3, -0.25) is 0 Å². The summed E-state index contributed by atoms with van der Waals surface area (Å²) in [4.78, 5) is 0. The fraction of sp³-hybridized carbons (Fsp3) is 0.294. The molecule has 2 aromatic carbocycles. The fourth-order valence-electron chi connectivity index (χ4n) is 2.64. The zero-order valence-corrected chi connectivity index (χ0v) is 12.8. The summed E-state index contributed by atoms with van der Waals surface area (Å²) in [5, 5.41) is 10.3. The Labute approximate surface area is 129 Å². The summed E-state index contributed by atoms with van der Waals surface area (Å²) in [6, 6.07) is 9.04. The first-order valence-corrected chi connectivity index (χ1v) is 6.98. The van der Waals surface area contributed by atoms with Crippen LogP contribution >= 0.6 is 0 Å². The number of benzene rings is 2. The van der Waals surface area contributed by atoms with Gasteiger partial charge in [0.05, 0.1) is 14.2 Å². The van der Waals surface area contributed by atoms with E-state index >= 15 is 0 Å². The molecule has 0 radical (unpaired) electrons. The smallest absolute Gasteiger partial charge is 0.231 e. The minimum absolute atomic E-state index is 0.0737. The predicted molar refractivity (Wildman–Crippen MR) is 81.3 cm³/mol. The summed E-state index contributed by atoms with van der Waals surface area (Å²) in [6.07, 6.45) is 0. The van der Waals surface area contributed by atoms with Crippen molar-refractivity contribution in [3.63, 3.8) is 0 Å². The highest BCUT2D eigenvalue weighted by molar-refractivity contribution is 5.56. The molecule has 1 aliphatic rings. The van der Waals surface area contributed by atoms with Crippen molar-refractivity contribution >= 4 is 0 Å². The maximum atomic E-state index is 10.3. The fourth-order valence-corrected chi connectivity index (χ4v) is 2.64. The maximum Gasteiger partial charge on any atom is 0.231 e. The van der Waals surface area contributed by atoms with Crippen LogP contribution in [0.2, 0.25) is 0 Å². The third-order valence-electron chi connectivity index (χ3n) is 3.90. The van der Waals surface area contributed by atoms with Gasteiger partial charge in [0.25, 0.3) is 0 Å². The van der Waals surface area contributed by atoms with Crippen molar-refractivity contribution in [3.05, 3.63) is 41.5 Å². The molecule has 0 saturated heterocycles. The van der Waals surface area contributed by atoms with E-state index in [1.807, 2.05) is 31.2 Å². The highest BCUT2D eigenvalue weighted by atomic mass is 16.7. The molecule has 0 bridgehead atoms. The molecule has 1 heterocycles. The first-order chi connectivity index (χ1) is 10.6. The molecular weight excluding hydrogens is 284 g/mol. The molecule has 3 rings (SSSR count). The molecule has 0 saturated carbocycles. The predicted octanol–water partition coefficient (Wildman–Crippen LogP) is 3.29. The number of aromatic hydroxyl groups is 1. The molecule has 5 nitrogen and oxygen atoms in total. The third kappa shape index (κ3) is 2.39. The second kappa shape index (κ2) is 5.67. The average molecular weight is 302 g/mol. The molecule has 1 unspecified atom stereocenters. The van der Waals surface area contributed by atoms with E-state index < -0.39 is 0 Å². The zero-order valence-electron chi connectivity index (χ0n) is 12.8. The van der Waals surface area contributed by atoms with Crippen LogP contribution in [0.3, 0.4) is 0 Å².